The standard InChI is InChI=1S/C11H16N4O/c1-7(9-3-12-4-9)11(16)15-10-5-13-8(2)14-6-10/h5-7,9,12H,3-4H2,1-2H3,(H,15,16). The Kier molecular flexibility index (Phi) is 3.14. The molecule has 0 aromatic carbocycles. The SMILES string of the molecule is Cc1ncc(NC(=O)C(C)C2CNC2)cn1. The minimum Gasteiger partial charge on any atom is -0.323 e. The predicted molar refractivity (Wildman–Crippen MR) is 60.9 cm³/mol. The number of hydrogen-bond donors (Lipinski definition) is 2. The molecule has 1 atom stereocenters. The van der Waals surface area contributed by atoms with Crippen LogP contribution in [0.2, 0.25) is 0 Å². The lowest BCUT2D eigenvalue weighted by Gasteiger charge is -2.31. The zero-order chi connectivity index (χ0) is 11.5. The smallest absolute Gasteiger partial charge is 0.227 e. The molecule has 1 saturated heterocycles. The molecule has 1 fully saturated rings. The lowest BCUT2D eigenvalue weighted by Crippen LogP contribution is -2.48. The normalized spacial score (nSPS) is 17.6. The number of carbonyl (C=O) groups excluding carboxylic acids is 1. The Morgan fingerprint density at radius 2 is 2.12 bits per heavy atom. The summed E-state index contributed by atoms with van der Waals surface area (Å²) in [6.07, 6.45) is 3.26. The van der Waals surface area contributed by atoms with Gasteiger partial charge in [-0.1, -0.05) is 6.92 Å². The van der Waals surface area contributed by atoms with Gasteiger partial charge >= 0.3 is 0 Å². The molecule has 5 nitrogen and oxygen atoms in total. The zero-order valence-corrected chi connectivity index (χ0v) is 9.53. The summed E-state index contributed by atoms with van der Waals surface area (Å²) in [5.41, 5.74) is 0.662. The molecule has 5 heteroatoms. The summed E-state index contributed by atoms with van der Waals surface area (Å²) in [5, 5.41) is 5.99. The van der Waals surface area contributed by atoms with Gasteiger partial charge in [-0.05, 0) is 25.9 Å². The van der Waals surface area contributed by atoms with Crippen molar-refractivity contribution in [3.8, 4) is 0 Å². The first-order chi connectivity index (χ1) is 7.66. The number of nitrogens with one attached hydrogen (secondary N) is 2. The molecule has 1 aromatic heterocycles. The van der Waals surface area contributed by atoms with Crippen molar-refractivity contribution >= 4 is 11.6 Å². The number of aromatic nitrogens is 2. The first kappa shape index (κ1) is 11.0. The molecule has 0 bridgehead atoms. The second-order valence-electron chi connectivity index (χ2n) is 4.22. The van der Waals surface area contributed by atoms with E-state index in [0.717, 1.165) is 13.1 Å². The fraction of sp³-hybridized carbons (Fsp3) is 0.545. The van der Waals surface area contributed by atoms with Crippen LogP contribution in [0.1, 0.15) is 12.7 Å². The number of nitrogens with zero attached hydrogens (tertiary/aromatic N) is 2. The Labute approximate surface area is 94.7 Å². The molecule has 0 spiro atoms. The van der Waals surface area contributed by atoms with E-state index < -0.39 is 0 Å². The largest absolute Gasteiger partial charge is 0.323 e. The monoisotopic (exact) mass is 220 g/mol. The average molecular weight is 220 g/mol. The number of anilines is 1. The van der Waals surface area contributed by atoms with E-state index in [2.05, 4.69) is 20.6 Å². The van der Waals surface area contributed by atoms with Crippen molar-refractivity contribution < 1.29 is 4.79 Å². The van der Waals surface area contributed by atoms with Gasteiger partial charge in [-0.15, -0.1) is 0 Å². The highest BCUT2D eigenvalue weighted by atomic mass is 16.1. The summed E-state index contributed by atoms with van der Waals surface area (Å²) in [5.74, 6) is 1.22. The molecule has 16 heavy (non-hydrogen) atoms. The molecule has 1 amide bonds. The Hall–Kier alpha value is -1.49. The number of hydrogen-bond acceptors (Lipinski definition) is 4. The van der Waals surface area contributed by atoms with E-state index in [1.165, 1.54) is 0 Å². The highest BCUT2D eigenvalue weighted by Crippen LogP contribution is 2.17. The third-order valence-corrected chi connectivity index (χ3v) is 2.98. The summed E-state index contributed by atoms with van der Waals surface area (Å²) in [7, 11) is 0. The van der Waals surface area contributed by atoms with Crippen LogP contribution < -0.4 is 10.6 Å². The Morgan fingerprint density at radius 1 is 1.50 bits per heavy atom. The van der Waals surface area contributed by atoms with Gasteiger partial charge in [-0.25, -0.2) is 9.97 Å². The van der Waals surface area contributed by atoms with Crippen molar-refractivity contribution in [2.24, 2.45) is 11.8 Å². The lowest BCUT2D eigenvalue weighted by atomic mass is 9.88. The van der Waals surface area contributed by atoms with Crippen LogP contribution in [0.15, 0.2) is 12.4 Å². The Morgan fingerprint density at radius 3 is 2.62 bits per heavy atom. The van der Waals surface area contributed by atoms with Gasteiger partial charge in [-0.3, -0.25) is 4.79 Å². The molecule has 1 aliphatic heterocycles. The second kappa shape index (κ2) is 4.57. The maximum Gasteiger partial charge on any atom is 0.227 e. The average Bonchev–Trinajstić information content (AvgIpc) is 2.19. The molecular formula is C11H16N4O. The third kappa shape index (κ3) is 2.36. The first-order valence-corrected chi connectivity index (χ1v) is 5.47. The lowest BCUT2D eigenvalue weighted by molar-refractivity contribution is -0.121. The number of aryl methyl sites for hydroxylation is 1. The third-order valence-electron chi connectivity index (χ3n) is 2.98. The van der Waals surface area contributed by atoms with E-state index in [-0.39, 0.29) is 11.8 Å². The molecule has 0 radical (unpaired) electrons. The minimum absolute atomic E-state index is 0.0301. The van der Waals surface area contributed by atoms with E-state index in [9.17, 15) is 4.79 Å². The van der Waals surface area contributed by atoms with Crippen molar-refractivity contribution in [1.29, 1.82) is 0 Å². The van der Waals surface area contributed by atoms with Gasteiger partial charge in [0.2, 0.25) is 5.91 Å². The van der Waals surface area contributed by atoms with Gasteiger partial charge < -0.3 is 10.6 Å². The molecule has 1 unspecified atom stereocenters. The van der Waals surface area contributed by atoms with E-state index in [1.807, 2.05) is 13.8 Å². The van der Waals surface area contributed by atoms with Crippen LogP contribution in [0.5, 0.6) is 0 Å². The molecule has 2 N–H and O–H groups in total. The van der Waals surface area contributed by atoms with Crippen LogP contribution in [-0.4, -0.2) is 29.0 Å². The molecule has 1 aliphatic rings. The fourth-order valence-corrected chi connectivity index (χ4v) is 1.59. The predicted octanol–water partition coefficient (Wildman–Crippen LogP) is 0.579. The highest BCUT2D eigenvalue weighted by molar-refractivity contribution is 5.92. The quantitative estimate of drug-likeness (QED) is 0.782. The maximum atomic E-state index is 11.8. The van der Waals surface area contributed by atoms with E-state index in [1.54, 1.807) is 12.4 Å². The van der Waals surface area contributed by atoms with Crippen molar-refractivity contribution in [2.75, 3.05) is 18.4 Å². The Balaban J connectivity index is 1.93. The number of carbonyl (C=O) groups is 1. The highest BCUT2D eigenvalue weighted by Gasteiger charge is 2.28. The summed E-state index contributed by atoms with van der Waals surface area (Å²) in [6.45, 7) is 5.63. The minimum atomic E-state index is 0.0301. The van der Waals surface area contributed by atoms with Gasteiger partial charge in [0.05, 0.1) is 18.1 Å². The van der Waals surface area contributed by atoms with Gasteiger partial charge in [0.25, 0.3) is 0 Å². The van der Waals surface area contributed by atoms with Crippen molar-refractivity contribution in [3.05, 3.63) is 18.2 Å². The van der Waals surface area contributed by atoms with Crippen LogP contribution >= 0.6 is 0 Å². The summed E-state index contributed by atoms with van der Waals surface area (Å²) in [4.78, 5) is 19.9. The van der Waals surface area contributed by atoms with Crippen LogP contribution in [-0.2, 0) is 4.79 Å². The fourth-order valence-electron chi connectivity index (χ4n) is 1.59. The summed E-state index contributed by atoms with van der Waals surface area (Å²) in [6, 6.07) is 0. The zero-order valence-electron chi connectivity index (χ0n) is 9.53. The molecule has 2 rings (SSSR count). The van der Waals surface area contributed by atoms with Gasteiger partial charge in [-0.2, -0.15) is 0 Å². The van der Waals surface area contributed by atoms with E-state index in [4.69, 9.17) is 0 Å². The van der Waals surface area contributed by atoms with Gasteiger partial charge in [0, 0.05) is 5.92 Å². The van der Waals surface area contributed by atoms with Crippen molar-refractivity contribution in [2.45, 2.75) is 13.8 Å². The summed E-state index contributed by atoms with van der Waals surface area (Å²) < 4.78 is 0. The van der Waals surface area contributed by atoms with Crippen LogP contribution in [0.25, 0.3) is 0 Å². The summed E-state index contributed by atoms with van der Waals surface area (Å²) >= 11 is 0. The van der Waals surface area contributed by atoms with Gasteiger partial charge in [0.1, 0.15) is 5.82 Å². The number of rotatable bonds is 3. The Bertz CT molecular complexity index is 372. The molecular weight excluding hydrogens is 204 g/mol. The first-order valence-electron chi connectivity index (χ1n) is 5.47. The molecule has 0 saturated carbocycles. The van der Waals surface area contributed by atoms with Crippen LogP contribution in [0.3, 0.4) is 0 Å². The van der Waals surface area contributed by atoms with Crippen molar-refractivity contribution in [3.63, 3.8) is 0 Å². The van der Waals surface area contributed by atoms with E-state index >= 15 is 0 Å². The van der Waals surface area contributed by atoms with Gasteiger partial charge in [0.15, 0.2) is 0 Å². The molecule has 1 aromatic rings. The van der Waals surface area contributed by atoms with E-state index in [0.29, 0.717) is 17.4 Å². The molecule has 86 valence electrons. The molecule has 0 aliphatic carbocycles. The van der Waals surface area contributed by atoms with Crippen molar-refractivity contribution in [1.82, 2.24) is 15.3 Å². The van der Waals surface area contributed by atoms with Crippen LogP contribution in [0.4, 0.5) is 5.69 Å². The van der Waals surface area contributed by atoms with Crippen LogP contribution in [0, 0.1) is 18.8 Å². The number of amides is 1. The second-order valence-corrected chi connectivity index (χ2v) is 4.22. The maximum absolute atomic E-state index is 11.8. The molecule has 2 heterocycles. The topological polar surface area (TPSA) is 66.9 Å².